The average Bonchev–Trinajstić information content (AvgIpc) is 2.24. The van der Waals surface area contributed by atoms with Gasteiger partial charge in [-0.3, -0.25) is 4.90 Å². The second-order valence-corrected chi connectivity index (χ2v) is 4.49. The van der Waals surface area contributed by atoms with Crippen molar-refractivity contribution in [2.24, 2.45) is 0 Å². The van der Waals surface area contributed by atoms with E-state index in [9.17, 15) is 0 Å². The Balaban J connectivity index is 2.58. The van der Waals surface area contributed by atoms with Crippen molar-refractivity contribution in [3.8, 4) is 0 Å². The molecule has 1 aromatic rings. The van der Waals surface area contributed by atoms with Gasteiger partial charge < -0.3 is 0 Å². The van der Waals surface area contributed by atoms with Crippen molar-refractivity contribution in [1.82, 2.24) is 4.90 Å². The van der Waals surface area contributed by atoms with Gasteiger partial charge >= 0.3 is 0 Å². The van der Waals surface area contributed by atoms with Crippen molar-refractivity contribution >= 4 is 27.5 Å². The molecule has 0 aliphatic carbocycles. The highest BCUT2D eigenvalue weighted by molar-refractivity contribution is 9.10. The molecule has 0 heterocycles. The Kier molecular flexibility index (Phi) is 5.99. The number of hydrogen-bond acceptors (Lipinski definition) is 1. The third-order valence-corrected chi connectivity index (χ3v) is 2.87. The van der Waals surface area contributed by atoms with Crippen molar-refractivity contribution in [1.29, 1.82) is 0 Å². The predicted molar refractivity (Wildman–Crippen MR) is 70.1 cm³/mol. The highest BCUT2D eigenvalue weighted by Crippen LogP contribution is 2.13. The quantitative estimate of drug-likeness (QED) is 0.791. The van der Waals surface area contributed by atoms with Crippen LogP contribution in [0.5, 0.6) is 0 Å². The molecule has 0 saturated heterocycles. The Bertz CT molecular complexity index is 325. The van der Waals surface area contributed by atoms with E-state index in [4.69, 9.17) is 11.6 Å². The molecule has 0 saturated carbocycles. The predicted octanol–water partition coefficient (Wildman–Crippen LogP) is 4.02. The molecule has 3 heteroatoms. The van der Waals surface area contributed by atoms with Gasteiger partial charge in [0.2, 0.25) is 0 Å². The zero-order valence-electron chi connectivity index (χ0n) is 8.79. The van der Waals surface area contributed by atoms with Crippen molar-refractivity contribution in [2.45, 2.75) is 13.5 Å². The molecule has 0 radical (unpaired) electrons. The number of rotatable bonds is 5. The van der Waals surface area contributed by atoms with Crippen LogP contribution in [0.25, 0.3) is 0 Å². The molecule has 1 aromatic carbocycles. The highest BCUT2D eigenvalue weighted by Gasteiger charge is 2.01. The molecule has 0 amide bonds. The normalized spacial score (nSPS) is 11.5. The Morgan fingerprint density at radius 2 is 2.27 bits per heavy atom. The first-order chi connectivity index (χ1) is 7.26. The summed E-state index contributed by atoms with van der Waals surface area (Å²) in [4.78, 5) is 2.32. The minimum Gasteiger partial charge on any atom is -0.296 e. The van der Waals surface area contributed by atoms with Crippen LogP contribution in [0.15, 0.2) is 40.3 Å². The zero-order chi connectivity index (χ0) is 11.1. The maximum atomic E-state index is 5.52. The smallest absolute Gasteiger partial charge is 0.0237 e. The summed E-state index contributed by atoms with van der Waals surface area (Å²) in [6, 6.07) is 8.38. The highest BCUT2D eigenvalue weighted by atomic mass is 79.9. The van der Waals surface area contributed by atoms with Crippen LogP contribution in [0.4, 0.5) is 0 Å². The maximum Gasteiger partial charge on any atom is 0.0237 e. The van der Waals surface area contributed by atoms with Crippen molar-refractivity contribution in [3.63, 3.8) is 0 Å². The number of likely N-dealkylation sites (N-methyl/N-ethyl adjacent to an activating group) is 1. The molecule has 0 N–H and O–H groups in total. The first-order valence-electron chi connectivity index (χ1n) is 4.98. The lowest BCUT2D eigenvalue weighted by molar-refractivity contribution is 0.311. The topological polar surface area (TPSA) is 3.24 Å². The van der Waals surface area contributed by atoms with E-state index in [-0.39, 0.29) is 0 Å². The fraction of sp³-hybridized carbons (Fsp3) is 0.333. The Labute approximate surface area is 105 Å². The molecule has 0 aliphatic heterocycles. The molecule has 0 aliphatic rings. The summed E-state index contributed by atoms with van der Waals surface area (Å²) in [5, 5.41) is 0. The van der Waals surface area contributed by atoms with Gasteiger partial charge in [-0.15, -0.1) is 0 Å². The van der Waals surface area contributed by atoms with E-state index in [1.807, 2.05) is 12.1 Å². The van der Waals surface area contributed by atoms with Crippen LogP contribution in [0.2, 0.25) is 0 Å². The molecule has 82 valence electrons. The summed E-state index contributed by atoms with van der Waals surface area (Å²) in [5.41, 5.74) is 2.89. The van der Waals surface area contributed by atoms with E-state index in [2.05, 4.69) is 46.0 Å². The summed E-state index contributed by atoms with van der Waals surface area (Å²) in [5.74, 6) is 0. The molecular formula is C12H15BrClN. The van der Waals surface area contributed by atoms with Crippen LogP contribution >= 0.6 is 27.5 Å². The molecule has 1 rings (SSSR count). The molecule has 0 atom stereocenters. The first-order valence-corrected chi connectivity index (χ1v) is 6.21. The third kappa shape index (κ3) is 4.83. The molecule has 0 bridgehead atoms. The maximum absolute atomic E-state index is 5.52. The SMILES string of the molecule is CCN(C/C=C/Cl)Cc1cccc(Br)c1. The average molecular weight is 289 g/mol. The van der Waals surface area contributed by atoms with E-state index in [1.54, 1.807) is 5.54 Å². The van der Waals surface area contributed by atoms with Crippen LogP contribution in [0.1, 0.15) is 12.5 Å². The minimum atomic E-state index is 0.895. The van der Waals surface area contributed by atoms with Gasteiger partial charge in [-0.25, -0.2) is 0 Å². The Hall–Kier alpha value is -0.310. The summed E-state index contributed by atoms with van der Waals surface area (Å²) in [6.45, 7) is 5.03. The number of benzene rings is 1. The van der Waals surface area contributed by atoms with E-state index < -0.39 is 0 Å². The molecule has 0 spiro atoms. The van der Waals surface area contributed by atoms with Gasteiger partial charge in [0.05, 0.1) is 0 Å². The Morgan fingerprint density at radius 3 is 2.87 bits per heavy atom. The van der Waals surface area contributed by atoms with Crippen LogP contribution < -0.4 is 0 Å². The summed E-state index contributed by atoms with van der Waals surface area (Å²) in [7, 11) is 0. The second-order valence-electron chi connectivity index (χ2n) is 3.32. The number of hydrogen-bond donors (Lipinski definition) is 0. The van der Waals surface area contributed by atoms with Gasteiger partial charge in [-0.05, 0) is 24.2 Å². The lowest BCUT2D eigenvalue weighted by atomic mass is 10.2. The second kappa shape index (κ2) is 7.04. The first kappa shape index (κ1) is 12.8. The number of halogens is 2. The van der Waals surface area contributed by atoms with E-state index in [1.165, 1.54) is 5.56 Å². The molecule has 15 heavy (non-hydrogen) atoms. The third-order valence-electron chi connectivity index (χ3n) is 2.20. The fourth-order valence-electron chi connectivity index (χ4n) is 1.39. The van der Waals surface area contributed by atoms with Crippen molar-refractivity contribution < 1.29 is 0 Å². The standard InChI is InChI=1S/C12H15BrClN/c1-2-15(8-4-7-14)10-11-5-3-6-12(13)9-11/h3-7,9H,2,8,10H2,1H3/b7-4+. The lowest BCUT2D eigenvalue weighted by Crippen LogP contribution is -2.22. The molecular weight excluding hydrogens is 273 g/mol. The largest absolute Gasteiger partial charge is 0.296 e. The molecule has 0 unspecified atom stereocenters. The monoisotopic (exact) mass is 287 g/mol. The lowest BCUT2D eigenvalue weighted by Gasteiger charge is -2.18. The van der Waals surface area contributed by atoms with Gasteiger partial charge in [-0.1, -0.05) is 52.7 Å². The van der Waals surface area contributed by atoms with Gasteiger partial charge in [0.25, 0.3) is 0 Å². The molecule has 1 nitrogen and oxygen atoms in total. The van der Waals surface area contributed by atoms with Crippen LogP contribution in [0, 0.1) is 0 Å². The van der Waals surface area contributed by atoms with E-state index in [0.29, 0.717) is 0 Å². The van der Waals surface area contributed by atoms with E-state index in [0.717, 1.165) is 24.1 Å². The van der Waals surface area contributed by atoms with Gasteiger partial charge in [0.15, 0.2) is 0 Å². The van der Waals surface area contributed by atoms with Crippen molar-refractivity contribution in [2.75, 3.05) is 13.1 Å². The van der Waals surface area contributed by atoms with Crippen LogP contribution in [-0.4, -0.2) is 18.0 Å². The minimum absolute atomic E-state index is 0.895. The van der Waals surface area contributed by atoms with E-state index >= 15 is 0 Å². The fourth-order valence-corrected chi connectivity index (χ4v) is 1.91. The summed E-state index contributed by atoms with van der Waals surface area (Å²) < 4.78 is 1.13. The molecule has 0 aromatic heterocycles. The van der Waals surface area contributed by atoms with Gasteiger partial charge in [0.1, 0.15) is 0 Å². The van der Waals surface area contributed by atoms with Crippen LogP contribution in [-0.2, 0) is 6.54 Å². The summed E-state index contributed by atoms with van der Waals surface area (Å²) >= 11 is 8.99. The number of nitrogens with zero attached hydrogens (tertiary/aromatic N) is 1. The van der Waals surface area contributed by atoms with Crippen LogP contribution in [0.3, 0.4) is 0 Å². The molecule has 0 fully saturated rings. The summed E-state index contributed by atoms with van der Waals surface area (Å²) in [6.07, 6.45) is 1.96. The van der Waals surface area contributed by atoms with Crippen molar-refractivity contribution in [3.05, 3.63) is 45.9 Å². The zero-order valence-corrected chi connectivity index (χ0v) is 11.1. The Morgan fingerprint density at radius 1 is 1.47 bits per heavy atom. The van der Waals surface area contributed by atoms with Gasteiger partial charge in [0, 0.05) is 23.1 Å². The van der Waals surface area contributed by atoms with Gasteiger partial charge in [-0.2, -0.15) is 0 Å².